The molecular weight excluding hydrogens is 279 g/mol. The van der Waals surface area contributed by atoms with Crippen LogP contribution in [-0.4, -0.2) is 10.5 Å². The minimum absolute atomic E-state index is 0.205. The number of hydrogen-bond donors (Lipinski definition) is 1. The molecule has 0 aliphatic carbocycles. The van der Waals surface area contributed by atoms with Gasteiger partial charge in [0.2, 0.25) is 5.91 Å². The van der Waals surface area contributed by atoms with Crippen LogP contribution in [0.15, 0.2) is 73.1 Å². The van der Waals surface area contributed by atoms with Gasteiger partial charge in [0.15, 0.2) is 0 Å². The second-order valence-corrected chi connectivity index (χ2v) is 4.96. The van der Waals surface area contributed by atoms with Gasteiger partial charge in [-0.1, -0.05) is 24.3 Å². The fraction of sp³-hybridized carbons (Fsp3) is 0.0556. The summed E-state index contributed by atoms with van der Waals surface area (Å²) in [6.45, 7) is 0. The molecule has 0 bridgehead atoms. The summed E-state index contributed by atoms with van der Waals surface area (Å²) in [7, 11) is 0. The molecule has 0 spiro atoms. The second-order valence-electron chi connectivity index (χ2n) is 4.96. The number of hydrogen-bond acceptors (Lipinski definition) is 1. The fourth-order valence-corrected chi connectivity index (χ4v) is 2.23. The molecule has 1 heterocycles. The highest BCUT2D eigenvalue weighted by Crippen LogP contribution is 2.14. The molecule has 3 aromatic rings. The van der Waals surface area contributed by atoms with E-state index in [9.17, 15) is 9.18 Å². The van der Waals surface area contributed by atoms with E-state index in [0.717, 1.165) is 11.3 Å². The topological polar surface area (TPSA) is 34.0 Å². The second kappa shape index (κ2) is 6.26. The van der Waals surface area contributed by atoms with Crippen molar-refractivity contribution in [3.05, 3.63) is 84.4 Å². The van der Waals surface area contributed by atoms with Gasteiger partial charge in [-0.3, -0.25) is 4.79 Å². The lowest BCUT2D eigenvalue weighted by Gasteiger charge is -2.07. The van der Waals surface area contributed by atoms with Gasteiger partial charge < -0.3 is 9.88 Å². The Kier molecular flexibility index (Phi) is 4.01. The number of nitrogens with one attached hydrogen (secondary N) is 1. The van der Waals surface area contributed by atoms with Crippen molar-refractivity contribution in [3.8, 4) is 5.69 Å². The lowest BCUT2D eigenvalue weighted by atomic mass is 10.1. The Morgan fingerprint density at radius 1 is 0.955 bits per heavy atom. The van der Waals surface area contributed by atoms with Gasteiger partial charge in [0.05, 0.1) is 12.1 Å². The van der Waals surface area contributed by atoms with Crippen molar-refractivity contribution < 1.29 is 9.18 Å². The van der Waals surface area contributed by atoms with Gasteiger partial charge in [0.1, 0.15) is 5.82 Å². The van der Waals surface area contributed by atoms with Crippen molar-refractivity contribution in [1.82, 2.24) is 4.57 Å². The summed E-state index contributed by atoms with van der Waals surface area (Å²) < 4.78 is 15.5. The van der Waals surface area contributed by atoms with Crippen LogP contribution in [0.2, 0.25) is 0 Å². The van der Waals surface area contributed by atoms with E-state index in [0.29, 0.717) is 0 Å². The van der Waals surface area contributed by atoms with E-state index < -0.39 is 5.82 Å². The highest BCUT2D eigenvalue weighted by atomic mass is 19.1. The van der Waals surface area contributed by atoms with E-state index in [2.05, 4.69) is 5.32 Å². The molecule has 0 atom stereocenters. The SMILES string of the molecule is O=C(Cc1ccc(-n2cccc2)cc1)Nc1ccccc1F. The maximum Gasteiger partial charge on any atom is 0.228 e. The number of halogens is 1. The monoisotopic (exact) mass is 294 g/mol. The van der Waals surface area contributed by atoms with Crippen molar-refractivity contribution in [3.63, 3.8) is 0 Å². The molecule has 0 saturated carbocycles. The summed E-state index contributed by atoms with van der Waals surface area (Å²) >= 11 is 0. The molecule has 1 amide bonds. The van der Waals surface area contributed by atoms with Crippen LogP contribution in [0.1, 0.15) is 5.56 Å². The molecule has 0 radical (unpaired) electrons. The maximum atomic E-state index is 13.5. The zero-order chi connectivity index (χ0) is 15.4. The van der Waals surface area contributed by atoms with E-state index in [1.165, 1.54) is 6.07 Å². The number of amides is 1. The minimum atomic E-state index is -0.432. The van der Waals surface area contributed by atoms with Crippen LogP contribution in [0.5, 0.6) is 0 Å². The molecule has 1 N–H and O–H groups in total. The molecule has 1 aromatic heterocycles. The first-order chi connectivity index (χ1) is 10.7. The van der Waals surface area contributed by atoms with Crippen molar-refractivity contribution in [2.45, 2.75) is 6.42 Å². The summed E-state index contributed by atoms with van der Waals surface area (Å²) in [5, 5.41) is 2.58. The molecule has 0 aliphatic rings. The van der Waals surface area contributed by atoms with Crippen molar-refractivity contribution in [1.29, 1.82) is 0 Å². The zero-order valence-electron chi connectivity index (χ0n) is 11.9. The molecule has 4 heteroatoms. The number of rotatable bonds is 4. The lowest BCUT2D eigenvalue weighted by Crippen LogP contribution is -2.15. The van der Waals surface area contributed by atoms with E-state index in [-0.39, 0.29) is 18.0 Å². The third-order valence-electron chi connectivity index (χ3n) is 3.35. The Morgan fingerprint density at radius 2 is 1.64 bits per heavy atom. The summed E-state index contributed by atoms with van der Waals surface area (Å²) in [5.41, 5.74) is 2.12. The van der Waals surface area contributed by atoms with Crippen LogP contribution in [0, 0.1) is 5.82 Å². The standard InChI is InChI=1S/C18H15FN2O/c19-16-5-1-2-6-17(16)20-18(22)13-14-7-9-15(10-8-14)21-11-3-4-12-21/h1-12H,13H2,(H,20,22). The largest absolute Gasteiger partial charge is 0.324 e. The highest BCUT2D eigenvalue weighted by molar-refractivity contribution is 5.92. The zero-order valence-corrected chi connectivity index (χ0v) is 11.9. The van der Waals surface area contributed by atoms with Gasteiger partial charge in [-0.15, -0.1) is 0 Å². The van der Waals surface area contributed by atoms with Crippen LogP contribution < -0.4 is 5.32 Å². The number of benzene rings is 2. The summed E-state index contributed by atoms with van der Waals surface area (Å²) in [6.07, 6.45) is 4.13. The quantitative estimate of drug-likeness (QED) is 0.780. The van der Waals surface area contributed by atoms with Gasteiger partial charge >= 0.3 is 0 Å². The smallest absolute Gasteiger partial charge is 0.228 e. The van der Waals surface area contributed by atoms with Gasteiger partial charge in [0.25, 0.3) is 0 Å². The summed E-state index contributed by atoms with van der Waals surface area (Å²) in [6, 6.07) is 17.7. The van der Waals surface area contributed by atoms with Gasteiger partial charge in [-0.2, -0.15) is 0 Å². The molecule has 110 valence electrons. The molecule has 22 heavy (non-hydrogen) atoms. The maximum absolute atomic E-state index is 13.5. The van der Waals surface area contributed by atoms with E-state index in [1.807, 2.05) is 53.4 Å². The predicted octanol–water partition coefficient (Wildman–Crippen LogP) is 3.80. The van der Waals surface area contributed by atoms with Crippen molar-refractivity contribution >= 4 is 11.6 Å². The average molecular weight is 294 g/mol. The molecule has 0 unspecified atom stereocenters. The highest BCUT2D eigenvalue weighted by Gasteiger charge is 2.07. The molecule has 2 aromatic carbocycles. The molecule has 0 saturated heterocycles. The molecule has 3 nitrogen and oxygen atoms in total. The van der Waals surface area contributed by atoms with E-state index in [4.69, 9.17) is 0 Å². The minimum Gasteiger partial charge on any atom is -0.324 e. The van der Waals surface area contributed by atoms with Crippen LogP contribution in [-0.2, 0) is 11.2 Å². The summed E-state index contributed by atoms with van der Waals surface area (Å²) in [5.74, 6) is -0.669. The normalized spacial score (nSPS) is 10.4. The van der Waals surface area contributed by atoms with Crippen molar-refractivity contribution in [2.24, 2.45) is 0 Å². The number of anilines is 1. The first-order valence-corrected chi connectivity index (χ1v) is 6.99. The Morgan fingerprint density at radius 3 is 2.32 bits per heavy atom. The Balaban J connectivity index is 1.66. The van der Waals surface area contributed by atoms with Crippen LogP contribution in [0.3, 0.4) is 0 Å². The number of nitrogens with zero attached hydrogens (tertiary/aromatic N) is 1. The Hall–Kier alpha value is -2.88. The number of aromatic nitrogens is 1. The Bertz CT molecular complexity index is 764. The van der Waals surface area contributed by atoms with Gasteiger partial charge in [0, 0.05) is 18.1 Å². The van der Waals surface area contributed by atoms with Gasteiger partial charge in [-0.05, 0) is 42.0 Å². The van der Waals surface area contributed by atoms with Crippen LogP contribution in [0.4, 0.5) is 10.1 Å². The van der Waals surface area contributed by atoms with E-state index in [1.54, 1.807) is 18.2 Å². The molecule has 0 fully saturated rings. The van der Waals surface area contributed by atoms with Crippen molar-refractivity contribution in [2.75, 3.05) is 5.32 Å². The third kappa shape index (κ3) is 3.23. The molecular formula is C18H15FN2O. The average Bonchev–Trinajstić information content (AvgIpc) is 3.05. The Labute approximate surface area is 128 Å². The predicted molar refractivity (Wildman–Crippen MR) is 84.5 cm³/mol. The first-order valence-electron chi connectivity index (χ1n) is 6.99. The summed E-state index contributed by atoms with van der Waals surface area (Å²) in [4.78, 5) is 12.0. The lowest BCUT2D eigenvalue weighted by molar-refractivity contribution is -0.115. The third-order valence-corrected chi connectivity index (χ3v) is 3.35. The van der Waals surface area contributed by atoms with Crippen LogP contribution >= 0.6 is 0 Å². The number of para-hydroxylation sites is 1. The first kappa shape index (κ1) is 14.1. The fourth-order valence-electron chi connectivity index (χ4n) is 2.23. The number of carbonyl (C=O) groups excluding carboxylic acids is 1. The van der Waals surface area contributed by atoms with Gasteiger partial charge in [-0.25, -0.2) is 4.39 Å². The molecule has 0 aliphatic heterocycles. The number of carbonyl (C=O) groups is 1. The molecule has 3 rings (SSSR count). The van der Waals surface area contributed by atoms with E-state index >= 15 is 0 Å². The van der Waals surface area contributed by atoms with Crippen LogP contribution in [0.25, 0.3) is 5.69 Å².